The second-order valence-corrected chi connectivity index (χ2v) is 3.12. The van der Waals surface area contributed by atoms with Gasteiger partial charge in [-0.05, 0) is 6.92 Å². The van der Waals surface area contributed by atoms with Crippen molar-refractivity contribution in [1.82, 2.24) is 9.78 Å². The van der Waals surface area contributed by atoms with Gasteiger partial charge in [0.2, 0.25) is 0 Å². The van der Waals surface area contributed by atoms with Crippen molar-refractivity contribution in [2.75, 3.05) is 18.5 Å². The van der Waals surface area contributed by atoms with Crippen molar-refractivity contribution < 1.29 is 4.79 Å². The Bertz CT molecular complexity index is 387. The fraction of sp³-hybridized carbons (Fsp3) is 0.400. The summed E-state index contributed by atoms with van der Waals surface area (Å²) in [5.74, 6) is 3.28. The lowest BCUT2D eigenvalue weighted by Crippen LogP contribution is -2.21. The number of carbonyl (C=O) groups excluding carboxylic acids is 1. The summed E-state index contributed by atoms with van der Waals surface area (Å²) in [5.41, 5.74) is 1.33. The minimum atomic E-state index is 0.458. The lowest BCUT2D eigenvalue weighted by molar-refractivity contribution is 0.112. The minimum Gasteiger partial charge on any atom is -0.348 e. The minimum absolute atomic E-state index is 0.458. The molecule has 0 unspecified atom stereocenters. The third-order valence-corrected chi connectivity index (χ3v) is 2.05. The molecule has 1 aromatic heterocycles. The monoisotopic (exact) mass is 191 g/mol. The average Bonchev–Trinajstić information content (AvgIpc) is 2.40. The molecule has 0 saturated carbocycles. The van der Waals surface area contributed by atoms with E-state index in [2.05, 4.69) is 11.0 Å². The maximum atomic E-state index is 10.8. The molecule has 74 valence electrons. The Kier molecular flexibility index (Phi) is 2.92. The van der Waals surface area contributed by atoms with E-state index in [9.17, 15) is 4.79 Å². The Balaban J connectivity index is 3.19. The van der Waals surface area contributed by atoms with Gasteiger partial charge in [0.15, 0.2) is 6.29 Å². The van der Waals surface area contributed by atoms with E-state index in [1.165, 1.54) is 0 Å². The summed E-state index contributed by atoms with van der Waals surface area (Å²) in [6, 6.07) is 0. The predicted molar refractivity (Wildman–Crippen MR) is 55.4 cm³/mol. The molecular weight excluding hydrogens is 178 g/mol. The maximum Gasteiger partial charge on any atom is 0.155 e. The highest BCUT2D eigenvalue weighted by Crippen LogP contribution is 2.19. The Morgan fingerprint density at radius 1 is 1.71 bits per heavy atom. The fourth-order valence-corrected chi connectivity index (χ4v) is 1.46. The molecule has 1 aromatic rings. The van der Waals surface area contributed by atoms with Crippen LogP contribution in [0.4, 0.5) is 5.82 Å². The number of nitrogens with zero attached hydrogens (tertiary/aromatic N) is 3. The molecule has 0 aliphatic carbocycles. The molecule has 0 spiro atoms. The normalized spacial score (nSPS) is 9.57. The molecule has 4 heteroatoms. The van der Waals surface area contributed by atoms with Gasteiger partial charge in [0.1, 0.15) is 5.82 Å². The van der Waals surface area contributed by atoms with Crippen LogP contribution >= 0.6 is 0 Å². The number of rotatable bonds is 3. The molecule has 1 heterocycles. The molecule has 0 N–H and O–H groups in total. The summed E-state index contributed by atoms with van der Waals surface area (Å²) >= 11 is 0. The first-order valence-electron chi connectivity index (χ1n) is 4.25. The van der Waals surface area contributed by atoms with E-state index in [0.717, 1.165) is 17.8 Å². The van der Waals surface area contributed by atoms with E-state index in [-0.39, 0.29) is 0 Å². The smallest absolute Gasteiger partial charge is 0.155 e. The van der Waals surface area contributed by atoms with Crippen molar-refractivity contribution in [2.24, 2.45) is 7.05 Å². The van der Waals surface area contributed by atoms with Crippen molar-refractivity contribution in [3.8, 4) is 12.3 Å². The quantitative estimate of drug-likeness (QED) is 0.519. The van der Waals surface area contributed by atoms with Gasteiger partial charge in [-0.1, -0.05) is 5.92 Å². The van der Waals surface area contributed by atoms with Gasteiger partial charge in [-0.15, -0.1) is 6.42 Å². The molecule has 0 aliphatic rings. The molecule has 0 radical (unpaired) electrons. The number of aryl methyl sites for hydroxylation is 2. The zero-order valence-corrected chi connectivity index (χ0v) is 8.61. The molecule has 0 saturated heterocycles. The zero-order chi connectivity index (χ0) is 10.7. The van der Waals surface area contributed by atoms with Crippen LogP contribution in [0.2, 0.25) is 0 Å². The Morgan fingerprint density at radius 2 is 2.36 bits per heavy atom. The summed E-state index contributed by atoms with van der Waals surface area (Å²) in [6.07, 6.45) is 6.02. The first-order chi connectivity index (χ1) is 6.61. The first-order valence-corrected chi connectivity index (χ1v) is 4.25. The van der Waals surface area contributed by atoms with Gasteiger partial charge in [0.05, 0.1) is 17.8 Å². The highest BCUT2D eigenvalue weighted by molar-refractivity contribution is 5.84. The number of hydrogen-bond donors (Lipinski definition) is 0. The van der Waals surface area contributed by atoms with Crippen LogP contribution in [0, 0.1) is 19.3 Å². The van der Waals surface area contributed by atoms with E-state index in [1.54, 1.807) is 18.7 Å². The van der Waals surface area contributed by atoms with E-state index in [4.69, 9.17) is 6.42 Å². The summed E-state index contributed by atoms with van der Waals surface area (Å²) in [6.45, 7) is 2.26. The van der Waals surface area contributed by atoms with Gasteiger partial charge in [-0.2, -0.15) is 5.10 Å². The summed E-state index contributed by atoms with van der Waals surface area (Å²) in [4.78, 5) is 12.7. The molecule has 0 atom stereocenters. The van der Waals surface area contributed by atoms with E-state index in [0.29, 0.717) is 12.1 Å². The summed E-state index contributed by atoms with van der Waals surface area (Å²) in [5, 5.41) is 4.16. The third kappa shape index (κ3) is 1.62. The highest BCUT2D eigenvalue weighted by atomic mass is 16.1. The van der Waals surface area contributed by atoms with Gasteiger partial charge in [0, 0.05) is 14.1 Å². The van der Waals surface area contributed by atoms with Gasteiger partial charge in [0.25, 0.3) is 0 Å². The predicted octanol–water partition coefficient (Wildman–Crippen LogP) is 0.610. The van der Waals surface area contributed by atoms with Crippen LogP contribution in [0.1, 0.15) is 16.1 Å². The molecule has 0 aromatic carbocycles. The van der Waals surface area contributed by atoms with Gasteiger partial charge >= 0.3 is 0 Å². The van der Waals surface area contributed by atoms with Crippen LogP contribution in [0.25, 0.3) is 0 Å². The van der Waals surface area contributed by atoms with Crippen LogP contribution in [0.3, 0.4) is 0 Å². The third-order valence-electron chi connectivity index (χ3n) is 2.05. The van der Waals surface area contributed by atoms with Crippen LogP contribution in [0.15, 0.2) is 0 Å². The van der Waals surface area contributed by atoms with Gasteiger partial charge in [-0.25, -0.2) is 0 Å². The number of hydrogen-bond acceptors (Lipinski definition) is 3. The number of carbonyl (C=O) groups is 1. The molecule has 0 aliphatic heterocycles. The van der Waals surface area contributed by atoms with Crippen LogP contribution in [0.5, 0.6) is 0 Å². The molecule has 14 heavy (non-hydrogen) atoms. The average molecular weight is 191 g/mol. The van der Waals surface area contributed by atoms with Gasteiger partial charge in [-0.3, -0.25) is 9.48 Å². The lowest BCUT2D eigenvalue weighted by atomic mass is 10.2. The van der Waals surface area contributed by atoms with Crippen LogP contribution in [-0.2, 0) is 7.05 Å². The first kappa shape index (κ1) is 10.3. The summed E-state index contributed by atoms with van der Waals surface area (Å²) < 4.78 is 1.66. The number of terminal acetylenes is 1. The van der Waals surface area contributed by atoms with E-state index in [1.807, 2.05) is 11.9 Å². The Hall–Kier alpha value is -1.76. The van der Waals surface area contributed by atoms with Crippen molar-refractivity contribution in [1.29, 1.82) is 0 Å². The fourth-order valence-electron chi connectivity index (χ4n) is 1.46. The largest absolute Gasteiger partial charge is 0.348 e. The Morgan fingerprint density at radius 3 is 2.86 bits per heavy atom. The second kappa shape index (κ2) is 3.97. The second-order valence-electron chi connectivity index (χ2n) is 3.12. The zero-order valence-electron chi connectivity index (χ0n) is 8.61. The van der Waals surface area contributed by atoms with Crippen molar-refractivity contribution in [3.63, 3.8) is 0 Å². The van der Waals surface area contributed by atoms with Crippen molar-refractivity contribution in [3.05, 3.63) is 11.3 Å². The molecule has 0 fully saturated rings. The van der Waals surface area contributed by atoms with Crippen LogP contribution < -0.4 is 4.90 Å². The number of aromatic nitrogens is 2. The van der Waals surface area contributed by atoms with Gasteiger partial charge < -0.3 is 4.90 Å². The standard InChI is InChI=1S/C10H13N3O/c1-5-6-12(3)10-9(7-14)8(2)11-13(10)4/h1,7H,6H2,2-4H3. The molecular formula is C10H13N3O. The lowest BCUT2D eigenvalue weighted by Gasteiger charge is -2.16. The number of anilines is 1. The molecule has 0 amide bonds. The SMILES string of the molecule is C#CCN(C)c1c(C=O)c(C)nn1C. The number of aldehydes is 1. The van der Waals surface area contributed by atoms with E-state index >= 15 is 0 Å². The Labute approximate surface area is 83.5 Å². The summed E-state index contributed by atoms with van der Waals surface area (Å²) in [7, 11) is 3.63. The van der Waals surface area contributed by atoms with Crippen molar-refractivity contribution in [2.45, 2.75) is 6.92 Å². The van der Waals surface area contributed by atoms with Crippen LogP contribution in [-0.4, -0.2) is 29.7 Å². The molecule has 0 bridgehead atoms. The topological polar surface area (TPSA) is 38.1 Å². The van der Waals surface area contributed by atoms with E-state index < -0.39 is 0 Å². The molecule has 4 nitrogen and oxygen atoms in total. The highest BCUT2D eigenvalue weighted by Gasteiger charge is 2.15. The molecule has 1 rings (SSSR count). The van der Waals surface area contributed by atoms with Crippen molar-refractivity contribution >= 4 is 12.1 Å². The maximum absolute atomic E-state index is 10.8.